The fourth-order valence-corrected chi connectivity index (χ4v) is 3.50. The maximum Gasteiger partial charge on any atom is 0.245 e. The third kappa shape index (κ3) is 2.98. The second-order valence-corrected chi connectivity index (χ2v) is 6.42. The molecular weight excluding hydrogens is 260 g/mol. The molecular formula is C18H26N2O. The zero-order valence-corrected chi connectivity index (χ0v) is 13.1. The van der Waals surface area contributed by atoms with Crippen molar-refractivity contribution in [2.24, 2.45) is 5.92 Å². The Balaban J connectivity index is 1.80. The highest BCUT2D eigenvalue weighted by atomic mass is 16.2. The van der Waals surface area contributed by atoms with Crippen LogP contribution in [0, 0.1) is 5.92 Å². The molecule has 0 radical (unpaired) electrons. The summed E-state index contributed by atoms with van der Waals surface area (Å²) >= 11 is 0. The largest absolute Gasteiger partial charge is 0.323 e. The molecule has 21 heavy (non-hydrogen) atoms. The van der Waals surface area contributed by atoms with Gasteiger partial charge in [0, 0.05) is 6.04 Å². The molecule has 1 aromatic rings. The van der Waals surface area contributed by atoms with E-state index in [4.69, 9.17) is 0 Å². The van der Waals surface area contributed by atoms with Crippen LogP contribution in [0.2, 0.25) is 0 Å². The van der Waals surface area contributed by atoms with Gasteiger partial charge in [0.2, 0.25) is 5.91 Å². The topological polar surface area (TPSA) is 32.3 Å². The van der Waals surface area contributed by atoms with Gasteiger partial charge in [0.25, 0.3) is 0 Å². The second kappa shape index (κ2) is 6.18. The summed E-state index contributed by atoms with van der Waals surface area (Å²) in [6, 6.07) is 10.4. The summed E-state index contributed by atoms with van der Waals surface area (Å²) in [4.78, 5) is 15.1. The number of carbonyl (C=O) groups is 1. The van der Waals surface area contributed by atoms with Gasteiger partial charge in [-0.05, 0) is 30.7 Å². The first-order valence-corrected chi connectivity index (χ1v) is 8.37. The Morgan fingerprint density at radius 3 is 2.52 bits per heavy atom. The highest BCUT2D eigenvalue weighted by molar-refractivity contribution is 5.86. The monoisotopic (exact) mass is 286 g/mol. The molecule has 114 valence electrons. The first kappa shape index (κ1) is 14.6. The van der Waals surface area contributed by atoms with Crippen LogP contribution in [0.25, 0.3) is 0 Å². The Morgan fingerprint density at radius 2 is 1.95 bits per heavy atom. The van der Waals surface area contributed by atoms with Gasteiger partial charge in [0.05, 0.1) is 6.17 Å². The lowest BCUT2D eigenvalue weighted by molar-refractivity contribution is -0.132. The number of nitrogens with zero attached hydrogens (tertiary/aromatic N) is 1. The van der Waals surface area contributed by atoms with Crippen LogP contribution in [0.4, 0.5) is 0 Å². The maximum absolute atomic E-state index is 12.9. The zero-order valence-electron chi connectivity index (χ0n) is 13.1. The first-order valence-electron chi connectivity index (χ1n) is 8.37. The molecule has 3 rings (SSSR count). The SMILES string of the molecule is CCC(CC1CC1)N1C(=O)C(c2ccccc2)NC1CC. The number of hydrogen-bond donors (Lipinski definition) is 1. The van der Waals surface area contributed by atoms with Crippen LogP contribution in [0.1, 0.15) is 57.6 Å². The summed E-state index contributed by atoms with van der Waals surface area (Å²) in [5.41, 5.74) is 1.09. The molecule has 1 aliphatic carbocycles. The van der Waals surface area contributed by atoms with Crippen LogP contribution in [-0.4, -0.2) is 23.0 Å². The van der Waals surface area contributed by atoms with Gasteiger partial charge in [-0.25, -0.2) is 0 Å². The van der Waals surface area contributed by atoms with Gasteiger partial charge < -0.3 is 4.90 Å². The van der Waals surface area contributed by atoms with E-state index < -0.39 is 0 Å². The third-order valence-electron chi connectivity index (χ3n) is 4.88. The quantitative estimate of drug-likeness (QED) is 0.868. The van der Waals surface area contributed by atoms with E-state index in [1.54, 1.807) is 0 Å². The maximum atomic E-state index is 12.9. The predicted molar refractivity (Wildman–Crippen MR) is 84.7 cm³/mol. The zero-order chi connectivity index (χ0) is 14.8. The van der Waals surface area contributed by atoms with Crippen molar-refractivity contribution in [3.8, 4) is 0 Å². The Kier molecular flexibility index (Phi) is 4.29. The van der Waals surface area contributed by atoms with Crippen molar-refractivity contribution in [2.75, 3.05) is 0 Å². The molecule has 0 bridgehead atoms. The molecule has 2 fully saturated rings. The summed E-state index contributed by atoms with van der Waals surface area (Å²) in [5.74, 6) is 1.12. The number of rotatable bonds is 6. The van der Waals surface area contributed by atoms with E-state index in [1.165, 1.54) is 19.3 Å². The highest BCUT2D eigenvalue weighted by Gasteiger charge is 2.42. The molecule has 1 saturated carbocycles. The molecule has 3 heteroatoms. The summed E-state index contributed by atoms with van der Waals surface area (Å²) in [7, 11) is 0. The molecule has 2 aliphatic rings. The van der Waals surface area contributed by atoms with Crippen LogP contribution in [0.3, 0.4) is 0 Å². The lowest BCUT2D eigenvalue weighted by Gasteiger charge is -2.32. The van der Waals surface area contributed by atoms with Crippen molar-refractivity contribution in [2.45, 2.75) is 64.2 Å². The fraction of sp³-hybridized carbons (Fsp3) is 0.611. The van der Waals surface area contributed by atoms with Gasteiger partial charge in [-0.3, -0.25) is 10.1 Å². The van der Waals surface area contributed by atoms with Crippen LogP contribution in [0.5, 0.6) is 0 Å². The first-order chi connectivity index (χ1) is 10.2. The lowest BCUT2D eigenvalue weighted by atomic mass is 10.0. The minimum absolute atomic E-state index is 0.163. The van der Waals surface area contributed by atoms with Gasteiger partial charge >= 0.3 is 0 Å². The van der Waals surface area contributed by atoms with Gasteiger partial charge in [-0.1, -0.05) is 57.0 Å². The highest BCUT2D eigenvalue weighted by Crippen LogP contribution is 2.38. The smallest absolute Gasteiger partial charge is 0.245 e. The van der Waals surface area contributed by atoms with E-state index in [9.17, 15) is 4.79 Å². The van der Waals surface area contributed by atoms with Crippen molar-refractivity contribution >= 4 is 5.91 Å². The summed E-state index contributed by atoms with van der Waals surface area (Å²) in [6.07, 6.45) is 6.10. The molecule has 1 amide bonds. The van der Waals surface area contributed by atoms with Gasteiger partial charge in [0.1, 0.15) is 6.04 Å². The van der Waals surface area contributed by atoms with Crippen LogP contribution >= 0.6 is 0 Å². The van der Waals surface area contributed by atoms with E-state index in [1.807, 2.05) is 30.3 Å². The normalized spacial score (nSPS) is 27.1. The van der Waals surface area contributed by atoms with Crippen molar-refractivity contribution in [3.63, 3.8) is 0 Å². The van der Waals surface area contributed by atoms with Gasteiger partial charge in [0.15, 0.2) is 0 Å². The Labute approximate surface area is 127 Å². The summed E-state index contributed by atoms with van der Waals surface area (Å²) in [5, 5.41) is 3.54. The van der Waals surface area contributed by atoms with Crippen LogP contribution in [0.15, 0.2) is 30.3 Å². The molecule has 3 unspecified atom stereocenters. The molecule has 1 heterocycles. The molecule has 3 nitrogen and oxygen atoms in total. The minimum Gasteiger partial charge on any atom is -0.323 e. The Bertz CT molecular complexity index is 483. The van der Waals surface area contributed by atoms with Crippen LogP contribution in [-0.2, 0) is 4.79 Å². The van der Waals surface area contributed by atoms with E-state index in [-0.39, 0.29) is 18.1 Å². The number of carbonyl (C=O) groups excluding carboxylic acids is 1. The average Bonchev–Trinajstić information content (AvgIpc) is 3.28. The summed E-state index contributed by atoms with van der Waals surface area (Å²) in [6.45, 7) is 4.37. The molecule has 0 spiro atoms. The Morgan fingerprint density at radius 1 is 1.24 bits per heavy atom. The van der Waals surface area contributed by atoms with Crippen molar-refractivity contribution in [1.29, 1.82) is 0 Å². The average molecular weight is 286 g/mol. The number of benzene rings is 1. The van der Waals surface area contributed by atoms with E-state index >= 15 is 0 Å². The Hall–Kier alpha value is -1.35. The number of nitrogens with one attached hydrogen (secondary N) is 1. The number of hydrogen-bond acceptors (Lipinski definition) is 2. The molecule has 1 saturated heterocycles. The molecule has 1 N–H and O–H groups in total. The fourth-order valence-electron chi connectivity index (χ4n) is 3.50. The van der Waals surface area contributed by atoms with E-state index in [2.05, 4.69) is 24.1 Å². The van der Waals surface area contributed by atoms with Crippen molar-refractivity contribution in [3.05, 3.63) is 35.9 Å². The van der Waals surface area contributed by atoms with Crippen LogP contribution < -0.4 is 5.32 Å². The van der Waals surface area contributed by atoms with Crippen molar-refractivity contribution < 1.29 is 4.79 Å². The molecule has 3 atom stereocenters. The molecule has 0 aromatic heterocycles. The number of amides is 1. The lowest BCUT2D eigenvalue weighted by Crippen LogP contribution is -2.44. The minimum atomic E-state index is -0.163. The molecule has 1 aliphatic heterocycles. The standard InChI is InChI=1S/C18H26N2O/c1-3-15(12-13-10-11-13)20-16(4-2)19-17(18(20)21)14-8-6-5-7-9-14/h5-9,13,15-17,19H,3-4,10-12H2,1-2H3. The second-order valence-electron chi connectivity index (χ2n) is 6.42. The molecule has 1 aromatic carbocycles. The predicted octanol–water partition coefficient (Wildman–Crippen LogP) is 3.47. The summed E-state index contributed by atoms with van der Waals surface area (Å²) < 4.78 is 0. The van der Waals surface area contributed by atoms with Gasteiger partial charge in [-0.15, -0.1) is 0 Å². The van der Waals surface area contributed by atoms with Crippen molar-refractivity contribution in [1.82, 2.24) is 10.2 Å². The van der Waals surface area contributed by atoms with E-state index in [0.29, 0.717) is 6.04 Å². The van der Waals surface area contributed by atoms with E-state index in [0.717, 1.165) is 24.3 Å². The van der Waals surface area contributed by atoms with Gasteiger partial charge in [-0.2, -0.15) is 0 Å². The third-order valence-corrected chi connectivity index (χ3v) is 4.88.